The Balaban J connectivity index is 1.15. The minimum absolute atomic E-state index is 0.636. The molecule has 2 heterocycles. The molecule has 0 aliphatic heterocycles. The van der Waals surface area contributed by atoms with Crippen LogP contribution in [0.3, 0.4) is 0 Å². The molecule has 2 aromatic heterocycles. The summed E-state index contributed by atoms with van der Waals surface area (Å²) < 4.78 is 0. The fourth-order valence-electron chi connectivity index (χ4n) is 7.29. The van der Waals surface area contributed by atoms with Crippen molar-refractivity contribution in [2.45, 2.75) is 135 Å². The molecule has 3 aromatic rings. The second kappa shape index (κ2) is 14.3. The number of hydrogen-bond acceptors (Lipinski definition) is 2. The molecule has 0 atom stereocenters. The van der Waals surface area contributed by atoms with Crippen LogP contribution in [0.25, 0.3) is 22.5 Å². The number of nitrogens with zero attached hydrogens (tertiary/aromatic N) is 2. The molecule has 0 amide bonds. The minimum atomic E-state index is 0.636. The van der Waals surface area contributed by atoms with Crippen LogP contribution in [-0.2, 0) is 0 Å². The van der Waals surface area contributed by atoms with Gasteiger partial charge >= 0.3 is 0 Å². The molecule has 0 saturated heterocycles. The molecule has 2 aliphatic carbocycles. The molecule has 2 fully saturated rings. The number of unbranched alkanes of at least 4 members (excludes halogenated alkanes) is 5. The van der Waals surface area contributed by atoms with Gasteiger partial charge in [0.15, 0.2) is 0 Å². The van der Waals surface area contributed by atoms with Crippen molar-refractivity contribution in [3.8, 4) is 22.5 Å². The van der Waals surface area contributed by atoms with Crippen molar-refractivity contribution in [2.75, 3.05) is 0 Å². The average Bonchev–Trinajstić information content (AvgIpc) is 3.68. The van der Waals surface area contributed by atoms with E-state index in [9.17, 15) is 0 Å². The molecule has 2 N–H and O–H groups in total. The maximum absolute atomic E-state index is 4.74. The fourth-order valence-corrected chi connectivity index (χ4v) is 7.29. The van der Waals surface area contributed by atoms with Gasteiger partial charge in [-0.05, 0) is 81.4 Å². The van der Waals surface area contributed by atoms with E-state index in [0.29, 0.717) is 11.8 Å². The largest absolute Gasteiger partial charge is 0.282 e. The van der Waals surface area contributed by atoms with Crippen molar-refractivity contribution in [3.63, 3.8) is 0 Å². The predicted molar refractivity (Wildman–Crippen MR) is 164 cm³/mol. The molecule has 212 valence electrons. The molecular weight excluding hydrogens is 476 g/mol. The molecule has 2 saturated carbocycles. The SMILES string of the molecule is CCCCCCC1CCC(c2cc(-c3cccc(-c4cc(C5CCC(CCCCC)CC5)[nH]n4)c3)n[nH]2)CC1. The van der Waals surface area contributed by atoms with Gasteiger partial charge in [0.25, 0.3) is 0 Å². The van der Waals surface area contributed by atoms with Gasteiger partial charge in [0.2, 0.25) is 0 Å². The van der Waals surface area contributed by atoms with Crippen molar-refractivity contribution in [3.05, 3.63) is 47.8 Å². The van der Waals surface area contributed by atoms with E-state index in [0.717, 1.165) is 23.2 Å². The summed E-state index contributed by atoms with van der Waals surface area (Å²) in [6.45, 7) is 4.60. The number of aromatic nitrogens is 4. The Hall–Kier alpha value is -2.36. The van der Waals surface area contributed by atoms with Crippen LogP contribution in [0, 0.1) is 11.8 Å². The summed E-state index contributed by atoms with van der Waals surface area (Å²) in [4.78, 5) is 0. The first-order valence-corrected chi connectivity index (χ1v) is 16.4. The van der Waals surface area contributed by atoms with E-state index in [1.165, 1.54) is 132 Å². The van der Waals surface area contributed by atoms with Gasteiger partial charge in [-0.3, -0.25) is 10.2 Å². The summed E-state index contributed by atoms with van der Waals surface area (Å²) in [5, 5.41) is 16.3. The van der Waals surface area contributed by atoms with E-state index >= 15 is 0 Å². The molecule has 5 rings (SSSR count). The highest BCUT2D eigenvalue weighted by Crippen LogP contribution is 2.39. The van der Waals surface area contributed by atoms with Crippen molar-refractivity contribution in [1.82, 2.24) is 20.4 Å². The Morgan fingerprint density at radius 3 is 1.54 bits per heavy atom. The standard InChI is InChI=1S/C35H52N4/c1-3-5-7-9-12-27-17-21-29(22-18-27)33-25-35(39-37-33)31-14-10-13-30(23-31)34-24-32(36-38-34)28-19-15-26(16-20-28)11-8-6-4-2/h10,13-14,23-29H,3-9,11-12,15-22H2,1-2H3,(H,36,38)(H,37,39). The van der Waals surface area contributed by atoms with Gasteiger partial charge < -0.3 is 0 Å². The molecule has 1 aromatic carbocycles. The second-order valence-electron chi connectivity index (χ2n) is 12.8. The monoisotopic (exact) mass is 528 g/mol. The van der Waals surface area contributed by atoms with Crippen LogP contribution in [0.4, 0.5) is 0 Å². The van der Waals surface area contributed by atoms with Crippen LogP contribution in [-0.4, -0.2) is 20.4 Å². The van der Waals surface area contributed by atoms with Crippen molar-refractivity contribution in [2.24, 2.45) is 11.8 Å². The van der Waals surface area contributed by atoms with E-state index in [4.69, 9.17) is 10.2 Å². The minimum Gasteiger partial charge on any atom is -0.282 e. The van der Waals surface area contributed by atoms with Gasteiger partial charge in [0, 0.05) is 34.4 Å². The van der Waals surface area contributed by atoms with Crippen LogP contribution in [0.2, 0.25) is 0 Å². The zero-order valence-corrected chi connectivity index (χ0v) is 24.7. The third kappa shape index (κ3) is 7.64. The van der Waals surface area contributed by atoms with Crippen LogP contribution in [0.15, 0.2) is 36.4 Å². The lowest BCUT2D eigenvalue weighted by Crippen LogP contribution is -2.13. The third-order valence-electron chi connectivity index (χ3n) is 9.90. The fraction of sp³-hybridized carbons (Fsp3) is 0.657. The highest BCUT2D eigenvalue weighted by atomic mass is 15.1. The molecule has 0 unspecified atom stereocenters. The number of benzene rings is 1. The summed E-state index contributed by atoms with van der Waals surface area (Å²) in [6, 6.07) is 13.4. The van der Waals surface area contributed by atoms with E-state index < -0.39 is 0 Å². The molecule has 4 nitrogen and oxygen atoms in total. The second-order valence-corrected chi connectivity index (χ2v) is 12.8. The van der Waals surface area contributed by atoms with Gasteiger partial charge in [-0.1, -0.05) is 89.8 Å². The van der Waals surface area contributed by atoms with Gasteiger partial charge in [0.05, 0.1) is 11.4 Å². The Bertz CT molecular complexity index is 1110. The zero-order chi connectivity index (χ0) is 26.9. The van der Waals surface area contributed by atoms with Crippen LogP contribution < -0.4 is 0 Å². The predicted octanol–water partition coefficient (Wildman–Crippen LogP) is 10.6. The summed E-state index contributed by atoms with van der Waals surface area (Å²) in [5.41, 5.74) is 7.13. The van der Waals surface area contributed by atoms with Gasteiger partial charge in [-0.15, -0.1) is 0 Å². The highest BCUT2D eigenvalue weighted by Gasteiger charge is 2.25. The zero-order valence-electron chi connectivity index (χ0n) is 24.7. The lowest BCUT2D eigenvalue weighted by atomic mass is 9.78. The topological polar surface area (TPSA) is 57.4 Å². The number of hydrogen-bond donors (Lipinski definition) is 2. The molecule has 0 bridgehead atoms. The first kappa shape index (κ1) is 28.2. The number of H-pyrrole nitrogens is 2. The number of rotatable bonds is 13. The molecular formula is C35H52N4. The lowest BCUT2D eigenvalue weighted by Gasteiger charge is -2.27. The van der Waals surface area contributed by atoms with Crippen molar-refractivity contribution >= 4 is 0 Å². The lowest BCUT2D eigenvalue weighted by molar-refractivity contribution is 0.299. The summed E-state index contributed by atoms with van der Waals surface area (Å²) in [5.74, 6) is 3.15. The summed E-state index contributed by atoms with van der Waals surface area (Å²) in [7, 11) is 0. The Kier molecular flexibility index (Phi) is 10.3. The molecule has 0 radical (unpaired) electrons. The maximum atomic E-state index is 4.74. The van der Waals surface area contributed by atoms with Crippen molar-refractivity contribution < 1.29 is 0 Å². The van der Waals surface area contributed by atoms with Crippen LogP contribution in [0.5, 0.6) is 0 Å². The molecule has 39 heavy (non-hydrogen) atoms. The third-order valence-corrected chi connectivity index (χ3v) is 9.90. The van der Waals surface area contributed by atoms with Gasteiger partial charge in [-0.25, -0.2) is 0 Å². The Morgan fingerprint density at radius 1 is 0.590 bits per heavy atom. The van der Waals surface area contributed by atoms with Crippen LogP contribution >= 0.6 is 0 Å². The smallest absolute Gasteiger partial charge is 0.0923 e. The normalized spacial score (nSPS) is 23.7. The van der Waals surface area contributed by atoms with E-state index in [1.54, 1.807) is 0 Å². The first-order chi connectivity index (χ1) is 19.2. The quantitative estimate of drug-likeness (QED) is 0.217. The van der Waals surface area contributed by atoms with E-state index in [2.05, 4.69) is 60.4 Å². The first-order valence-electron chi connectivity index (χ1n) is 16.4. The van der Waals surface area contributed by atoms with E-state index in [-0.39, 0.29) is 0 Å². The van der Waals surface area contributed by atoms with Crippen LogP contribution in [0.1, 0.15) is 146 Å². The Morgan fingerprint density at radius 2 is 1.05 bits per heavy atom. The number of nitrogens with one attached hydrogen (secondary N) is 2. The molecule has 0 spiro atoms. The molecule has 4 heteroatoms. The average molecular weight is 529 g/mol. The van der Waals surface area contributed by atoms with Crippen molar-refractivity contribution in [1.29, 1.82) is 0 Å². The molecule has 2 aliphatic rings. The highest BCUT2D eigenvalue weighted by molar-refractivity contribution is 5.69. The summed E-state index contributed by atoms with van der Waals surface area (Å²) in [6.07, 6.45) is 23.3. The van der Waals surface area contributed by atoms with E-state index in [1.807, 2.05) is 0 Å². The maximum Gasteiger partial charge on any atom is 0.0923 e. The summed E-state index contributed by atoms with van der Waals surface area (Å²) >= 11 is 0. The van der Waals surface area contributed by atoms with Gasteiger partial charge in [-0.2, -0.15) is 10.2 Å². The van der Waals surface area contributed by atoms with Gasteiger partial charge in [0.1, 0.15) is 0 Å². The Labute approximate surface area is 237 Å². The number of aromatic amines is 2.